The second-order valence-corrected chi connectivity index (χ2v) is 5.70. The number of amides is 1. The first-order valence-corrected chi connectivity index (χ1v) is 6.46. The fourth-order valence-electron chi connectivity index (χ4n) is 2.43. The lowest BCUT2D eigenvalue weighted by Gasteiger charge is -2.31. The summed E-state index contributed by atoms with van der Waals surface area (Å²) < 4.78 is 0. The molecule has 0 aromatic heterocycles. The molecule has 1 aliphatic rings. The predicted molar refractivity (Wildman–Crippen MR) is 72.5 cm³/mol. The Morgan fingerprint density at radius 1 is 1.47 bits per heavy atom. The molecule has 0 radical (unpaired) electrons. The first kappa shape index (κ1) is 13.8. The van der Waals surface area contributed by atoms with Crippen LogP contribution in [-0.4, -0.2) is 27.8 Å². The van der Waals surface area contributed by atoms with Gasteiger partial charge in [0, 0.05) is 23.7 Å². The van der Waals surface area contributed by atoms with Crippen LogP contribution >= 0.6 is 11.6 Å². The van der Waals surface area contributed by atoms with Crippen molar-refractivity contribution in [3.05, 3.63) is 38.9 Å². The van der Waals surface area contributed by atoms with Gasteiger partial charge in [0.15, 0.2) is 0 Å². The van der Waals surface area contributed by atoms with Gasteiger partial charge in [0.25, 0.3) is 11.6 Å². The van der Waals surface area contributed by atoms with E-state index in [1.807, 2.05) is 13.8 Å². The third kappa shape index (κ3) is 2.56. The van der Waals surface area contributed by atoms with Crippen LogP contribution in [0.3, 0.4) is 0 Å². The smallest absolute Gasteiger partial charge is 0.288 e. The number of carbonyl (C=O) groups excluding carboxylic acids is 1. The first-order chi connectivity index (χ1) is 8.83. The van der Waals surface area contributed by atoms with Crippen LogP contribution in [0.25, 0.3) is 0 Å². The van der Waals surface area contributed by atoms with Gasteiger partial charge in [-0.2, -0.15) is 0 Å². The van der Waals surface area contributed by atoms with Crippen molar-refractivity contribution in [2.75, 3.05) is 6.54 Å². The fourth-order valence-corrected chi connectivity index (χ4v) is 2.61. The second-order valence-electron chi connectivity index (χ2n) is 5.30. The van der Waals surface area contributed by atoms with E-state index in [-0.39, 0.29) is 22.2 Å². The summed E-state index contributed by atoms with van der Waals surface area (Å²) in [6.45, 7) is 4.69. The van der Waals surface area contributed by atoms with Gasteiger partial charge in [-0.05, 0) is 38.8 Å². The quantitative estimate of drug-likeness (QED) is 0.618. The molecule has 0 aliphatic carbocycles. The van der Waals surface area contributed by atoms with E-state index in [0.29, 0.717) is 12.1 Å². The maximum atomic E-state index is 12.4. The number of halogens is 1. The minimum atomic E-state index is -0.575. The molecule has 0 unspecified atom stereocenters. The summed E-state index contributed by atoms with van der Waals surface area (Å²) in [5.74, 6) is -0.178. The van der Waals surface area contributed by atoms with E-state index >= 15 is 0 Å². The largest absolute Gasteiger partial charge is 0.334 e. The standard InChI is InChI=1S/C13H15ClN2O3/c1-13(2)6-3-7-15(13)12(17)9-4-5-10(14)11(8-9)16(18)19/h4-5,8H,3,6-7H2,1-2H3. The number of rotatable bonds is 2. The lowest BCUT2D eigenvalue weighted by atomic mass is 10.0. The molecule has 1 aromatic rings. The summed E-state index contributed by atoms with van der Waals surface area (Å²) in [5, 5.41) is 10.9. The molecule has 1 heterocycles. The van der Waals surface area contributed by atoms with Crippen molar-refractivity contribution in [1.82, 2.24) is 4.90 Å². The van der Waals surface area contributed by atoms with Crippen LogP contribution in [0.1, 0.15) is 37.0 Å². The third-order valence-electron chi connectivity index (χ3n) is 3.54. The molecule has 0 bridgehead atoms. The summed E-state index contributed by atoms with van der Waals surface area (Å²) in [7, 11) is 0. The van der Waals surface area contributed by atoms with Crippen molar-refractivity contribution in [3.63, 3.8) is 0 Å². The second kappa shape index (κ2) is 4.81. The molecule has 2 rings (SSSR count). The molecular weight excluding hydrogens is 268 g/mol. The van der Waals surface area contributed by atoms with Gasteiger partial charge in [0.2, 0.25) is 0 Å². The SMILES string of the molecule is CC1(C)CCCN1C(=O)c1ccc(Cl)c([N+](=O)[O-])c1. The molecule has 5 nitrogen and oxygen atoms in total. The van der Waals surface area contributed by atoms with Gasteiger partial charge in [0.05, 0.1) is 4.92 Å². The monoisotopic (exact) mass is 282 g/mol. The third-order valence-corrected chi connectivity index (χ3v) is 3.86. The number of likely N-dealkylation sites (tertiary alicyclic amines) is 1. The van der Waals surface area contributed by atoms with Gasteiger partial charge in [0.1, 0.15) is 5.02 Å². The van der Waals surface area contributed by atoms with Gasteiger partial charge in [-0.15, -0.1) is 0 Å². The van der Waals surface area contributed by atoms with Crippen molar-refractivity contribution in [3.8, 4) is 0 Å². The highest BCUT2D eigenvalue weighted by Crippen LogP contribution is 2.31. The number of carbonyl (C=O) groups is 1. The molecule has 1 aromatic carbocycles. The molecular formula is C13H15ClN2O3. The summed E-state index contributed by atoms with van der Waals surface area (Å²) >= 11 is 5.75. The van der Waals surface area contributed by atoms with Crippen molar-refractivity contribution >= 4 is 23.2 Å². The van der Waals surface area contributed by atoms with Crippen LogP contribution in [0.5, 0.6) is 0 Å². The van der Waals surface area contributed by atoms with Gasteiger partial charge in [-0.1, -0.05) is 11.6 Å². The lowest BCUT2D eigenvalue weighted by molar-refractivity contribution is -0.384. The van der Waals surface area contributed by atoms with Gasteiger partial charge in [-0.25, -0.2) is 0 Å². The van der Waals surface area contributed by atoms with Crippen LogP contribution < -0.4 is 0 Å². The molecule has 102 valence electrons. The number of hydrogen-bond acceptors (Lipinski definition) is 3. The van der Waals surface area contributed by atoms with Gasteiger partial charge >= 0.3 is 0 Å². The molecule has 0 N–H and O–H groups in total. The fraction of sp³-hybridized carbons (Fsp3) is 0.462. The van der Waals surface area contributed by atoms with Crippen LogP contribution in [0, 0.1) is 10.1 Å². The Morgan fingerprint density at radius 2 is 2.16 bits per heavy atom. The van der Waals surface area contributed by atoms with E-state index in [4.69, 9.17) is 11.6 Å². The highest BCUT2D eigenvalue weighted by atomic mass is 35.5. The van der Waals surface area contributed by atoms with E-state index in [1.54, 1.807) is 4.90 Å². The first-order valence-electron chi connectivity index (χ1n) is 6.09. The molecule has 0 spiro atoms. The molecule has 1 amide bonds. The maximum absolute atomic E-state index is 12.4. The van der Waals surface area contributed by atoms with E-state index in [0.717, 1.165) is 12.8 Å². The molecule has 6 heteroatoms. The number of nitro groups is 1. The normalized spacial score (nSPS) is 17.5. The Morgan fingerprint density at radius 3 is 2.68 bits per heavy atom. The Hall–Kier alpha value is -1.62. The van der Waals surface area contributed by atoms with Gasteiger partial charge < -0.3 is 4.90 Å². The molecule has 1 aliphatic heterocycles. The minimum absolute atomic E-state index is 0.0437. The maximum Gasteiger partial charge on any atom is 0.288 e. The van der Waals surface area contributed by atoms with Crippen LogP contribution in [0.4, 0.5) is 5.69 Å². The van der Waals surface area contributed by atoms with E-state index < -0.39 is 4.92 Å². The summed E-state index contributed by atoms with van der Waals surface area (Å²) in [6, 6.07) is 4.18. The zero-order valence-corrected chi connectivity index (χ0v) is 11.6. The zero-order valence-electron chi connectivity index (χ0n) is 10.9. The Kier molecular flexibility index (Phi) is 3.49. The van der Waals surface area contributed by atoms with E-state index in [9.17, 15) is 14.9 Å². The van der Waals surface area contributed by atoms with E-state index in [1.165, 1.54) is 18.2 Å². The van der Waals surface area contributed by atoms with Crippen LogP contribution in [0.15, 0.2) is 18.2 Å². The molecule has 1 fully saturated rings. The van der Waals surface area contributed by atoms with Crippen molar-refractivity contribution in [2.45, 2.75) is 32.2 Å². The molecule has 0 saturated carbocycles. The molecule has 0 atom stereocenters. The van der Waals surface area contributed by atoms with E-state index in [2.05, 4.69) is 0 Å². The lowest BCUT2D eigenvalue weighted by Crippen LogP contribution is -2.42. The van der Waals surface area contributed by atoms with Crippen molar-refractivity contribution in [1.29, 1.82) is 0 Å². The minimum Gasteiger partial charge on any atom is -0.334 e. The number of hydrogen-bond donors (Lipinski definition) is 0. The van der Waals surface area contributed by atoms with Crippen LogP contribution in [-0.2, 0) is 0 Å². The number of nitro benzene ring substituents is 1. The number of nitrogens with zero attached hydrogens (tertiary/aromatic N) is 2. The summed E-state index contributed by atoms with van der Waals surface area (Å²) in [4.78, 5) is 24.4. The predicted octanol–water partition coefficient (Wildman–Crippen LogP) is 3.26. The Balaban J connectivity index is 2.35. The number of benzene rings is 1. The van der Waals surface area contributed by atoms with Gasteiger partial charge in [-0.3, -0.25) is 14.9 Å². The van der Waals surface area contributed by atoms with Crippen molar-refractivity contribution < 1.29 is 9.72 Å². The summed E-state index contributed by atoms with van der Waals surface area (Å²) in [6.07, 6.45) is 1.89. The van der Waals surface area contributed by atoms with Crippen LogP contribution in [0.2, 0.25) is 5.02 Å². The zero-order chi connectivity index (χ0) is 14.2. The molecule has 19 heavy (non-hydrogen) atoms. The Labute approximate surface area is 116 Å². The van der Waals surface area contributed by atoms with Crippen molar-refractivity contribution in [2.24, 2.45) is 0 Å². The topological polar surface area (TPSA) is 63.5 Å². The highest BCUT2D eigenvalue weighted by molar-refractivity contribution is 6.32. The summed E-state index contributed by atoms with van der Waals surface area (Å²) in [5.41, 5.74) is -0.124. The highest BCUT2D eigenvalue weighted by Gasteiger charge is 2.36. The average molecular weight is 283 g/mol. The Bertz CT molecular complexity index is 543. The average Bonchev–Trinajstić information content (AvgIpc) is 2.68. The molecule has 1 saturated heterocycles.